The number of aryl methyl sites for hydroxylation is 1. The number of thiophene rings is 1. The third-order valence-electron chi connectivity index (χ3n) is 3.91. The molecule has 2 aromatic heterocycles. The fourth-order valence-corrected chi connectivity index (χ4v) is 4.81. The minimum Gasteiger partial charge on any atom is -0.515 e. The maximum absolute atomic E-state index is 12.8. The molecule has 1 aliphatic rings. The molecule has 0 radical (unpaired) electrons. The molecule has 0 spiro atoms. The molecule has 0 atom stereocenters. The van der Waals surface area contributed by atoms with Crippen LogP contribution in [0.2, 0.25) is 0 Å². The van der Waals surface area contributed by atoms with E-state index in [2.05, 4.69) is 10.1 Å². The number of nitrogens with zero attached hydrogens (tertiary/aromatic N) is 3. The lowest BCUT2D eigenvalue weighted by molar-refractivity contribution is 0.0988. The number of hydrogen-bond donors (Lipinski definition) is 1. The van der Waals surface area contributed by atoms with Crippen molar-refractivity contribution in [3.63, 3.8) is 0 Å². The second-order valence-corrected chi connectivity index (χ2v) is 8.05. The number of rotatable bonds is 2. The molecule has 1 aliphatic carbocycles. The normalized spacial score (nSPS) is 18.7. The molecule has 3 rings (SSSR count). The van der Waals surface area contributed by atoms with Crippen molar-refractivity contribution in [2.24, 2.45) is 12.5 Å². The lowest BCUT2D eigenvalue weighted by Gasteiger charge is -2.31. The van der Waals surface area contributed by atoms with Crippen molar-refractivity contribution < 1.29 is 9.90 Å². The van der Waals surface area contributed by atoms with Crippen LogP contribution >= 0.6 is 23.1 Å². The molecule has 0 amide bonds. The van der Waals surface area contributed by atoms with Crippen LogP contribution in [-0.2, 0) is 13.5 Å². The van der Waals surface area contributed by atoms with Crippen molar-refractivity contribution in [1.82, 2.24) is 14.8 Å². The highest BCUT2D eigenvalue weighted by Gasteiger charge is 2.41. The number of Topliss-reactive ketones (excluding diaryl/α,β-unsaturated/α-hetero) is 1. The monoisotopic (exact) mass is 335 g/mol. The smallest absolute Gasteiger partial charge is 0.194 e. The molecule has 0 aromatic carbocycles. The van der Waals surface area contributed by atoms with E-state index in [4.69, 9.17) is 0 Å². The zero-order chi connectivity index (χ0) is 16.1. The second-order valence-electron chi connectivity index (χ2n) is 5.95. The molecule has 2 aromatic rings. The summed E-state index contributed by atoms with van der Waals surface area (Å²) in [5, 5.41) is 13.9. The lowest BCUT2D eigenvalue weighted by atomic mass is 9.71. The quantitative estimate of drug-likeness (QED) is 0.517. The Balaban J connectivity index is 2.25. The molecule has 0 aliphatic heterocycles. The highest BCUT2D eigenvalue weighted by Crippen LogP contribution is 2.49. The van der Waals surface area contributed by atoms with Crippen LogP contribution in [0.4, 0.5) is 0 Å². The number of aliphatic hydroxyl groups is 1. The summed E-state index contributed by atoms with van der Waals surface area (Å²) >= 11 is 3.10. The van der Waals surface area contributed by atoms with Gasteiger partial charge in [-0.1, -0.05) is 13.8 Å². The first-order valence-corrected chi connectivity index (χ1v) is 8.88. The van der Waals surface area contributed by atoms with Crippen LogP contribution in [0.1, 0.15) is 29.8 Å². The van der Waals surface area contributed by atoms with Gasteiger partial charge in [-0.05, 0) is 18.2 Å². The summed E-state index contributed by atoms with van der Waals surface area (Å²) in [5.74, 6) is 0.570. The Hall–Kier alpha value is -1.60. The van der Waals surface area contributed by atoms with Gasteiger partial charge >= 0.3 is 0 Å². The Morgan fingerprint density at radius 2 is 2.23 bits per heavy atom. The Bertz CT molecular complexity index is 787. The van der Waals surface area contributed by atoms with Gasteiger partial charge in [0.15, 0.2) is 11.6 Å². The molecule has 22 heavy (non-hydrogen) atoms. The summed E-state index contributed by atoms with van der Waals surface area (Å²) in [4.78, 5) is 18.1. The first-order valence-electron chi connectivity index (χ1n) is 6.84. The van der Waals surface area contributed by atoms with Gasteiger partial charge in [0.1, 0.15) is 6.33 Å². The predicted molar refractivity (Wildman–Crippen MR) is 88.6 cm³/mol. The number of allylic oxidation sites excluding steroid dienone is 1. The Labute approximate surface area is 137 Å². The molecule has 0 saturated carbocycles. The number of carbonyl (C=O) groups excluding carboxylic acids is 1. The van der Waals surface area contributed by atoms with Gasteiger partial charge in [-0.3, -0.25) is 9.48 Å². The zero-order valence-corrected chi connectivity index (χ0v) is 14.5. The molecular formula is C15H17N3O2S2. The maximum Gasteiger partial charge on any atom is 0.194 e. The van der Waals surface area contributed by atoms with E-state index in [9.17, 15) is 9.90 Å². The Morgan fingerprint density at radius 1 is 1.50 bits per heavy atom. The number of ketones is 1. The first-order chi connectivity index (χ1) is 10.4. The highest BCUT2D eigenvalue weighted by atomic mass is 32.2. The van der Waals surface area contributed by atoms with Gasteiger partial charge in [0, 0.05) is 18.0 Å². The van der Waals surface area contributed by atoms with Crippen molar-refractivity contribution in [2.75, 3.05) is 6.26 Å². The standard InChI is InChI=1S/C15H17N3O2S2/c1-15(2)5-8-10(11(20)9(15)6-19)14(21-4)22-12(8)13-16-7-18(3)17-13/h6-7,19H,5H2,1-4H3/b9-6-. The third-order valence-corrected chi connectivity index (χ3v) is 6.26. The number of thioether (sulfide) groups is 1. The summed E-state index contributed by atoms with van der Waals surface area (Å²) in [6.45, 7) is 3.95. The van der Waals surface area contributed by atoms with Gasteiger partial charge in [0.25, 0.3) is 0 Å². The van der Waals surface area contributed by atoms with Crippen molar-refractivity contribution in [3.05, 3.63) is 29.3 Å². The largest absolute Gasteiger partial charge is 0.515 e. The van der Waals surface area contributed by atoms with E-state index in [0.717, 1.165) is 20.9 Å². The van der Waals surface area contributed by atoms with Crippen molar-refractivity contribution in [1.29, 1.82) is 0 Å². The molecule has 0 unspecified atom stereocenters. The first kappa shape index (κ1) is 15.3. The minimum atomic E-state index is -0.404. The van der Waals surface area contributed by atoms with E-state index in [0.29, 0.717) is 23.4 Å². The van der Waals surface area contributed by atoms with E-state index in [1.165, 1.54) is 0 Å². The zero-order valence-electron chi connectivity index (χ0n) is 12.9. The van der Waals surface area contributed by atoms with E-state index in [1.54, 1.807) is 34.1 Å². The number of fused-ring (bicyclic) bond motifs is 1. The molecule has 0 saturated heterocycles. The molecule has 7 heteroatoms. The van der Waals surface area contributed by atoms with Crippen LogP contribution in [0, 0.1) is 5.41 Å². The van der Waals surface area contributed by atoms with Gasteiger partial charge in [0.05, 0.1) is 20.9 Å². The van der Waals surface area contributed by atoms with Crippen LogP contribution in [0.25, 0.3) is 10.7 Å². The number of aromatic nitrogens is 3. The van der Waals surface area contributed by atoms with Gasteiger partial charge in [-0.15, -0.1) is 23.1 Å². The molecular weight excluding hydrogens is 318 g/mol. The summed E-state index contributed by atoms with van der Waals surface area (Å²) in [7, 11) is 1.83. The van der Waals surface area contributed by atoms with Gasteiger partial charge in [-0.2, -0.15) is 5.10 Å². The van der Waals surface area contributed by atoms with Gasteiger partial charge in [-0.25, -0.2) is 4.98 Å². The van der Waals surface area contributed by atoms with E-state index >= 15 is 0 Å². The SMILES string of the molecule is CSc1sc(-c2ncn(C)n2)c2c1C(=O)/C(=C/O)C(C)(C)C2. The van der Waals surface area contributed by atoms with Crippen LogP contribution < -0.4 is 0 Å². The molecule has 0 bridgehead atoms. The van der Waals surface area contributed by atoms with Crippen LogP contribution in [-0.4, -0.2) is 31.9 Å². The average molecular weight is 335 g/mol. The van der Waals surface area contributed by atoms with Crippen molar-refractivity contribution in [3.8, 4) is 10.7 Å². The summed E-state index contributed by atoms with van der Waals surface area (Å²) in [6.07, 6.45) is 5.27. The third kappa shape index (κ3) is 2.19. The highest BCUT2D eigenvalue weighted by molar-refractivity contribution is 8.00. The van der Waals surface area contributed by atoms with Crippen LogP contribution in [0.3, 0.4) is 0 Å². The van der Waals surface area contributed by atoms with Gasteiger partial charge < -0.3 is 5.11 Å². The Morgan fingerprint density at radius 3 is 2.77 bits per heavy atom. The summed E-state index contributed by atoms with van der Waals surface area (Å²) in [6, 6.07) is 0. The topological polar surface area (TPSA) is 68.0 Å². The summed E-state index contributed by atoms with van der Waals surface area (Å²) < 4.78 is 2.62. The number of carbonyl (C=O) groups is 1. The minimum absolute atomic E-state index is 0.0865. The molecule has 116 valence electrons. The van der Waals surface area contributed by atoms with Crippen molar-refractivity contribution >= 4 is 28.9 Å². The lowest BCUT2D eigenvalue weighted by Crippen LogP contribution is -2.30. The molecule has 5 nitrogen and oxygen atoms in total. The van der Waals surface area contributed by atoms with Gasteiger partial charge in [0.2, 0.25) is 0 Å². The maximum atomic E-state index is 12.8. The summed E-state index contributed by atoms with van der Waals surface area (Å²) in [5.41, 5.74) is 1.77. The predicted octanol–water partition coefficient (Wildman–Crippen LogP) is 3.47. The molecule has 1 N–H and O–H groups in total. The second kappa shape index (κ2) is 5.24. The van der Waals surface area contributed by atoms with Crippen molar-refractivity contribution in [2.45, 2.75) is 24.5 Å². The Kier molecular flexibility index (Phi) is 3.65. The van der Waals surface area contributed by atoms with Crippen LogP contribution in [0.5, 0.6) is 0 Å². The van der Waals surface area contributed by atoms with Crippen LogP contribution in [0.15, 0.2) is 22.4 Å². The fraction of sp³-hybridized carbons (Fsp3) is 0.400. The number of aliphatic hydroxyl groups excluding tert-OH is 1. The molecule has 0 fully saturated rings. The average Bonchev–Trinajstić information content (AvgIpc) is 3.01. The van der Waals surface area contributed by atoms with E-state index in [-0.39, 0.29) is 5.78 Å². The van der Waals surface area contributed by atoms with E-state index in [1.807, 2.05) is 27.2 Å². The van der Waals surface area contributed by atoms with E-state index < -0.39 is 5.41 Å². The molecule has 2 heterocycles. The number of hydrogen-bond acceptors (Lipinski definition) is 6. The fourth-order valence-electron chi connectivity index (χ4n) is 2.82.